The van der Waals surface area contributed by atoms with Crippen LogP contribution in [0.25, 0.3) is 0 Å². The SMILES string of the molecule is Cn1nccc1S(=O)(=O)NCc1ccc(Oc2ccccc2F)c(F)c1. The molecule has 3 aromatic rings. The normalized spacial score (nSPS) is 11.5. The highest BCUT2D eigenvalue weighted by Crippen LogP contribution is 2.27. The van der Waals surface area contributed by atoms with Crippen LogP contribution in [0.15, 0.2) is 59.8 Å². The number of rotatable bonds is 6. The molecule has 0 radical (unpaired) electrons. The Balaban J connectivity index is 1.72. The van der Waals surface area contributed by atoms with Crippen LogP contribution in [0.3, 0.4) is 0 Å². The average molecular weight is 379 g/mol. The van der Waals surface area contributed by atoms with Crippen LogP contribution in [0.4, 0.5) is 8.78 Å². The number of halogens is 2. The predicted octanol–water partition coefficient (Wildman–Crippen LogP) is 2.97. The van der Waals surface area contributed by atoms with Gasteiger partial charge in [0.2, 0.25) is 0 Å². The molecule has 2 aromatic carbocycles. The van der Waals surface area contributed by atoms with Gasteiger partial charge in [0, 0.05) is 13.6 Å². The lowest BCUT2D eigenvalue weighted by Gasteiger charge is -2.10. The van der Waals surface area contributed by atoms with Gasteiger partial charge in [0.05, 0.1) is 6.20 Å². The molecule has 0 amide bonds. The fraction of sp³-hybridized carbons (Fsp3) is 0.118. The molecule has 136 valence electrons. The van der Waals surface area contributed by atoms with Crippen molar-refractivity contribution in [2.75, 3.05) is 0 Å². The quantitative estimate of drug-likeness (QED) is 0.715. The summed E-state index contributed by atoms with van der Waals surface area (Å²) >= 11 is 0. The molecule has 0 aliphatic heterocycles. The number of ether oxygens (including phenoxy) is 1. The van der Waals surface area contributed by atoms with Crippen molar-refractivity contribution >= 4 is 10.0 Å². The van der Waals surface area contributed by atoms with E-state index in [1.807, 2.05) is 0 Å². The molecule has 0 aliphatic rings. The van der Waals surface area contributed by atoms with E-state index in [1.54, 1.807) is 6.07 Å². The summed E-state index contributed by atoms with van der Waals surface area (Å²) in [5.74, 6) is -1.60. The second-order valence-corrected chi connectivity index (χ2v) is 7.13. The molecule has 6 nitrogen and oxygen atoms in total. The monoisotopic (exact) mass is 379 g/mol. The molecule has 1 N–H and O–H groups in total. The Labute approximate surface area is 149 Å². The second-order valence-electron chi connectivity index (χ2n) is 5.41. The highest BCUT2D eigenvalue weighted by molar-refractivity contribution is 7.89. The van der Waals surface area contributed by atoms with Crippen molar-refractivity contribution < 1.29 is 21.9 Å². The summed E-state index contributed by atoms with van der Waals surface area (Å²) in [6.07, 6.45) is 1.36. The molecular formula is C17H15F2N3O3S. The van der Waals surface area contributed by atoms with Crippen LogP contribution in [0, 0.1) is 11.6 Å². The first-order valence-electron chi connectivity index (χ1n) is 7.55. The Morgan fingerprint density at radius 3 is 2.46 bits per heavy atom. The van der Waals surface area contributed by atoms with E-state index in [4.69, 9.17) is 4.74 Å². The molecule has 26 heavy (non-hydrogen) atoms. The molecule has 3 rings (SSSR count). The fourth-order valence-corrected chi connectivity index (χ4v) is 3.40. The average Bonchev–Trinajstić information content (AvgIpc) is 3.04. The molecular weight excluding hydrogens is 364 g/mol. The summed E-state index contributed by atoms with van der Waals surface area (Å²) < 4.78 is 60.9. The van der Waals surface area contributed by atoms with Crippen LogP contribution in [-0.2, 0) is 23.6 Å². The third kappa shape index (κ3) is 3.89. The van der Waals surface area contributed by atoms with Crippen molar-refractivity contribution in [3.05, 3.63) is 71.9 Å². The molecule has 0 atom stereocenters. The molecule has 0 saturated heterocycles. The standard InChI is InChI=1S/C17H15F2N3O3S/c1-22-17(8-9-20-22)26(23,24)21-11-12-6-7-16(14(19)10-12)25-15-5-3-2-4-13(15)18/h2-10,21H,11H2,1H3. The van der Waals surface area contributed by atoms with E-state index in [-0.39, 0.29) is 23.1 Å². The van der Waals surface area contributed by atoms with Crippen molar-refractivity contribution in [3.8, 4) is 11.5 Å². The lowest BCUT2D eigenvalue weighted by Crippen LogP contribution is -2.25. The first kappa shape index (κ1) is 18.0. The van der Waals surface area contributed by atoms with Crippen molar-refractivity contribution in [1.82, 2.24) is 14.5 Å². The number of benzene rings is 2. The van der Waals surface area contributed by atoms with E-state index in [2.05, 4.69) is 9.82 Å². The van der Waals surface area contributed by atoms with E-state index in [1.165, 1.54) is 54.3 Å². The van der Waals surface area contributed by atoms with Gasteiger partial charge in [-0.05, 0) is 35.9 Å². The minimum Gasteiger partial charge on any atom is -0.451 e. The van der Waals surface area contributed by atoms with Crippen molar-refractivity contribution in [1.29, 1.82) is 0 Å². The molecule has 1 heterocycles. The van der Waals surface area contributed by atoms with E-state index in [9.17, 15) is 17.2 Å². The Hall–Kier alpha value is -2.78. The summed E-state index contributed by atoms with van der Waals surface area (Å²) in [5.41, 5.74) is 0.383. The number of sulfonamides is 1. The maximum Gasteiger partial charge on any atom is 0.258 e. The van der Waals surface area contributed by atoms with Crippen LogP contribution in [0.2, 0.25) is 0 Å². The number of aryl methyl sites for hydroxylation is 1. The van der Waals surface area contributed by atoms with Gasteiger partial charge in [-0.3, -0.25) is 4.68 Å². The third-order valence-electron chi connectivity index (χ3n) is 3.57. The number of nitrogens with one attached hydrogen (secondary N) is 1. The lowest BCUT2D eigenvalue weighted by atomic mass is 10.2. The van der Waals surface area contributed by atoms with Gasteiger partial charge in [0.1, 0.15) is 0 Å². The van der Waals surface area contributed by atoms with Crippen LogP contribution >= 0.6 is 0 Å². The van der Waals surface area contributed by atoms with Crippen molar-refractivity contribution in [2.45, 2.75) is 11.6 Å². The smallest absolute Gasteiger partial charge is 0.258 e. The zero-order chi connectivity index (χ0) is 18.7. The highest BCUT2D eigenvalue weighted by Gasteiger charge is 2.18. The Morgan fingerprint density at radius 1 is 1.08 bits per heavy atom. The van der Waals surface area contributed by atoms with E-state index in [0.717, 1.165) is 6.07 Å². The van der Waals surface area contributed by atoms with Gasteiger partial charge >= 0.3 is 0 Å². The van der Waals surface area contributed by atoms with Crippen LogP contribution < -0.4 is 9.46 Å². The van der Waals surface area contributed by atoms with Gasteiger partial charge in [-0.15, -0.1) is 0 Å². The molecule has 0 fully saturated rings. The van der Waals surface area contributed by atoms with E-state index < -0.39 is 21.7 Å². The molecule has 0 saturated carbocycles. The van der Waals surface area contributed by atoms with E-state index >= 15 is 0 Å². The minimum absolute atomic E-state index is 0.00233. The topological polar surface area (TPSA) is 73.2 Å². The number of nitrogens with zero attached hydrogens (tertiary/aromatic N) is 2. The first-order valence-corrected chi connectivity index (χ1v) is 9.03. The van der Waals surface area contributed by atoms with Gasteiger partial charge in [-0.2, -0.15) is 5.10 Å². The maximum atomic E-state index is 14.2. The largest absolute Gasteiger partial charge is 0.451 e. The number of hydrogen-bond donors (Lipinski definition) is 1. The summed E-state index contributed by atoms with van der Waals surface area (Å²) in [6, 6.07) is 10.9. The Bertz CT molecular complexity index is 1040. The number of para-hydroxylation sites is 1. The number of aromatic nitrogens is 2. The van der Waals surface area contributed by atoms with Gasteiger partial charge < -0.3 is 4.74 Å². The Kier molecular flexibility index (Phi) is 5.01. The lowest BCUT2D eigenvalue weighted by molar-refractivity contribution is 0.414. The molecule has 1 aromatic heterocycles. The predicted molar refractivity (Wildman–Crippen MR) is 90.1 cm³/mol. The zero-order valence-corrected chi connectivity index (χ0v) is 14.5. The Morgan fingerprint density at radius 2 is 1.81 bits per heavy atom. The highest BCUT2D eigenvalue weighted by atomic mass is 32.2. The summed E-state index contributed by atoms with van der Waals surface area (Å²) in [6.45, 7) is -0.121. The molecule has 0 bridgehead atoms. The maximum absolute atomic E-state index is 14.2. The molecule has 0 unspecified atom stereocenters. The van der Waals surface area contributed by atoms with Crippen molar-refractivity contribution in [2.24, 2.45) is 7.05 Å². The van der Waals surface area contributed by atoms with E-state index in [0.29, 0.717) is 5.56 Å². The number of hydrogen-bond acceptors (Lipinski definition) is 4. The summed E-state index contributed by atoms with van der Waals surface area (Å²) in [4.78, 5) is 0. The second kappa shape index (κ2) is 7.22. The molecule has 9 heteroatoms. The van der Waals surface area contributed by atoms with Crippen LogP contribution in [-0.4, -0.2) is 18.2 Å². The third-order valence-corrected chi connectivity index (χ3v) is 5.05. The van der Waals surface area contributed by atoms with Crippen LogP contribution in [0.5, 0.6) is 11.5 Å². The summed E-state index contributed by atoms with van der Waals surface area (Å²) in [5, 5.41) is 3.80. The van der Waals surface area contributed by atoms with Gasteiger partial charge in [-0.1, -0.05) is 18.2 Å². The zero-order valence-electron chi connectivity index (χ0n) is 13.7. The molecule has 0 spiro atoms. The minimum atomic E-state index is -3.78. The van der Waals surface area contributed by atoms with Crippen molar-refractivity contribution in [3.63, 3.8) is 0 Å². The van der Waals surface area contributed by atoms with Gasteiger partial charge in [0.25, 0.3) is 10.0 Å². The molecule has 0 aliphatic carbocycles. The van der Waals surface area contributed by atoms with Crippen LogP contribution in [0.1, 0.15) is 5.56 Å². The first-order chi connectivity index (χ1) is 12.4. The fourth-order valence-electron chi connectivity index (χ4n) is 2.26. The van der Waals surface area contributed by atoms with Gasteiger partial charge in [-0.25, -0.2) is 21.9 Å². The van der Waals surface area contributed by atoms with Gasteiger partial charge in [0.15, 0.2) is 28.2 Å². The summed E-state index contributed by atoms with van der Waals surface area (Å²) in [7, 11) is -2.27.